The normalized spacial score (nSPS) is 13.2. The van der Waals surface area contributed by atoms with E-state index in [4.69, 9.17) is 0 Å². The lowest BCUT2D eigenvalue weighted by atomic mass is 9.61. The van der Waals surface area contributed by atoms with Crippen LogP contribution in [0, 0.1) is 0 Å². The van der Waals surface area contributed by atoms with Crippen molar-refractivity contribution in [3.63, 3.8) is 0 Å². The lowest BCUT2D eigenvalue weighted by Gasteiger charge is -2.41. The third-order valence-electron chi connectivity index (χ3n) is 13.2. The van der Waals surface area contributed by atoms with Crippen LogP contribution < -0.4 is 4.90 Å². The molecule has 59 heavy (non-hydrogen) atoms. The first-order valence-corrected chi connectivity index (χ1v) is 20.5. The number of hydrogen-bond acceptors (Lipinski definition) is 1. The Balaban J connectivity index is 1.14. The number of aromatic nitrogens is 1. The highest BCUT2D eigenvalue weighted by molar-refractivity contribution is 6.12. The van der Waals surface area contributed by atoms with Gasteiger partial charge in [-0.1, -0.05) is 170 Å². The van der Waals surface area contributed by atoms with Crippen molar-refractivity contribution in [2.75, 3.05) is 4.90 Å². The topological polar surface area (TPSA) is 8.17 Å². The Bertz CT molecular complexity index is 3460. The van der Waals surface area contributed by atoms with E-state index in [1.807, 2.05) is 0 Å². The molecule has 274 valence electrons. The largest absolute Gasteiger partial charge is 0.310 e. The van der Waals surface area contributed by atoms with Crippen molar-refractivity contribution in [2.24, 2.45) is 0 Å². The van der Waals surface area contributed by atoms with E-state index in [9.17, 15) is 0 Å². The molecule has 13 rings (SSSR count). The molecule has 1 aromatic heterocycles. The van der Waals surface area contributed by atoms with Gasteiger partial charge in [0.15, 0.2) is 0 Å². The van der Waals surface area contributed by atoms with E-state index < -0.39 is 5.41 Å². The fourth-order valence-electron chi connectivity index (χ4n) is 10.8. The van der Waals surface area contributed by atoms with Gasteiger partial charge in [0, 0.05) is 33.2 Å². The average molecular weight is 749 g/mol. The van der Waals surface area contributed by atoms with Gasteiger partial charge in [0.25, 0.3) is 0 Å². The van der Waals surface area contributed by atoms with Crippen LogP contribution in [0.5, 0.6) is 0 Å². The maximum Gasteiger partial charge on any atom is 0.0726 e. The van der Waals surface area contributed by atoms with Crippen LogP contribution >= 0.6 is 0 Å². The number of para-hydroxylation sites is 2. The van der Waals surface area contributed by atoms with E-state index in [-0.39, 0.29) is 0 Å². The smallest absolute Gasteiger partial charge is 0.0726 e. The van der Waals surface area contributed by atoms with Gasteiger partial charge in [0.05, 0.1) is 22.1 Å². The Morgan fingerprint density at radius 3 is 1.73 bits per heavy atom. The zero-order chi connectivity index (χ0) is 38.7. The summed E-state index contributed by atoms with van der Waals surface area (Å²) in [6, 6.07) is 81.3. The third-order valence-corrected chi connectivity index (χ3v) is 13.2. The molecule has 2 aliphatic carbocycles. The lowest BCUT2D eigenvalue weighted by molar-refractivity contribution is 0.773. The Hall–Kier alpha value is -7.68. The molecule has 0 bridgehead atoms. The molecule has 0 fully saturated rings. The van der Waals surface area contributed by atoms with Crippen molar-refractivity contribution in [3.05, 3.63) is 241 Å². The van der Waals surface area contributed by atoms with E-state index in [1.54, 1.807) is 0 Å². The predicted octanol–water partition coefficient (Wildman–Crippen LogP) is 14.9. The number of benzene rings is 10. The van der Waals surface area contributed by atoms with Gasteiger partial charge in [0.2, 0.25) is 0 Å². The second-order valence-electron chi connectivity index (χ2n) is 16.0. The molecular weight excluding hydrogens is 713 g/mol. The van der Waals surface area contributed by atoms with E-state index in [0.29, 0.717) is 0 Å². The summed E-state index contributed by atoms with van der Waals surface area (Å²) in [5, 5.41) is 7.51. The number of rotatable bonds is 4. The van der Waals surface area contributed by atoms with Crippen molar-refractivity contribution in [1.29, 1.82) is 0 Å². The first kappa shape index (κ1) is 32.4. The van der Waals surface area contributed by atoms with Gasteiger partial charge in [-0.15, -0.1) is 0 Å². The molecule has 11 aromatic rings. The van der Waals surface area contributed by atoms with Gasteiger partial charge in [-0.25, -0.2) is 0 Å². The molecule has 0 N–H and O–H groups in total. The minimum Gasteiger partial charge on any atom is -0.310 e. The molecule has 0 saturated carbocycles. The van der Waals surface area contributed by atoms with Crippen molar-refractivity contribution in [1.82, 2.24) is 4.57 Å². The first-order valence-electron chi connectivity index (χ1n) is 20.5. The highest BCUT2D eigenvalue weighted by Crippen LogP contribution is 2.62. The standard InChI is InChI=1S/C57H36N2/c1-2-19-39(20-3-1)59-54-29-11-8-24-46(54)47-34-32-41(36-55(47)59)58(53-30-14-16-37-15-4-5-21-42(37)53)40-31-33-45-48-25-12-17-38-18-13-28-51(56(38)48)57(52(45)35-40)49-26-9-6-22-43(49)44-23-7-10-27-50(44)57/h1-36H. The summed E-state index contributed by atoms with van der Waals surface area (Å²) in [5.74, 6) is 0. The SMILES string of the molecule is c1ccc(-n2c3ccccc3c3ccc(N(c4ccc5c(c4)C4(c6ccccc6-c6ccccc64)c4cccc6cccc-5c46)c4cccc5ccccc45)cc32)cc1. The molecule has 1 heterocycles. The molecule has 10 aromatic carbocycles. The van der Waals surface area contributed by atoms with Crippen LogP contribution in [0.1, 0.15) is 22.3 Å². The lowest BCUT2D eigenvalue weighted by Crippen LogP contribution is -2.32. The molecular formula is C57H36N2. The van der Waals surface area contributed by atoms with Crippen molar-refractivity contribution < 1.29 is 0 Å². The van der Waals surface area contributed by atoms with Gasteiger partial charge in [-0.3, -0.25) is 0 Å². The quantitative estimate of drug-likeness (QED) is 0.174. The highest BCUT2D eigenvalue weighted by Gasteiger charge is 2.50. The van der Waals surface area contributed by atoms with Crippen molar-refractivity contribution in [2.45, 2.75) is 5.41 Å². The second-order valence-corrected chi connectivity index (χ2v) is 16.0. The van der Waals surface area contributed by atoms with Crippen molar-refractivity contribution in [3.8, 4) is 27.9 Å². The molecule has 1 spiro atoms. The van der Waals surface area contributed by atoms with Crippen LogP contribution in [-0.4, -0.2) is 4.57 Å². The van der Waals surface area contributed by atoms with Gasteiger partial charge in [0.1, 0.15) is 0 Å². The average Bonchev–Trinajstić information content (AvgIpc) is 3.79. The Morgan fingerprint density at radius 2 is 0.898 bits per heavy atom. The molecule has 2 heteroatoms. The molecule has 0 radical (unpaired) electrons. The van der Waals surface area contributed by atoms with Gasteiger partial charge in [-0.05, 0) is 109 Å². The summed E-state index contributed by atoms with van der Waals surface area (Å²) in [5.41, 5.74) is 16.9. The molecule has 0 unspecified atom stereocenters. The molecule has 0 saturated heterocycles. The summed E-state index contributed by atoms with van der Waals surface area (Å²) in [6.45, 7) is 0. The third kappa shape index (κ3) is 4.35. The zero-order valence-corrected chi connectivity index (χ0v) is 32.2. The fourth-order valence-corrected chi connectivity index (χ4v) is 10.8. The maximum absolute atomic E-state index is 2.52. The minimum absolute atomic E-state index is 0.513. The van der Waals surface area contributed by atoms with Crippen LogP contribution in [0.2, 0.25) is 0 Å². The zero-order valence-electron chi connectivity index (χ0n) is 32.2. The van der Waals surface area contributed by atoms with Crippen LogP contribution in [0.15, 0.2) is 218 Å². The van der Waals surface area contributed by atoms with E-state index in [0.717, 1.165) is 22.7 Å². The van der Waals surface area contributed by atoms with Crippen molar-refractivity contribution >= 4 is 60.4 Å². The number of anilines is 3. The maximum atomic E-state index is 2.52. The Morgan fingerprint density at radius 1 is 0.339 bits per heavy atom. The van der Waals surface area contributed by atoms with E-state index in [1.165, 1.54) is 87.9 Å². The Kier molecular flexibility index (Phi) is 6.68. The fraction of sp³-hybridized carbons (Fsp3) is 0.0175. The van der Waals surface area contributed by atoms with E-state index in [2.05, 4.69) is 228 Å². The van der Waals surface area contributed by atoms with Crippen LogP contribution in [-0.2, 0) is 5.41 Å². The number of nitrogens with zero attached hydrogens (tertiary/aromatic N) is 2. The summed E-state index contributed by atoms with van der Waals surface area (Å²) >= 11 is 0. The molecule has 2 aliphatic rings. The Labute approximate surface area is 342 Å². The van der Waals surface area contributed by atoms with Gasteiger partial charge < -0.3 is 9.47 Å². The van der Waals surface area contributed by atoms with Crippen LogP contribution in [0.3, 0.4) is 0 Å². The van der Waals surface area contributed by atoms with Crippen LogP contribution in [0.4, 0.5) is 17.1 Å². The number of hydrogen-bond donors (Lipinski definition) is 0. The summed E-state index contributed by atoms with van der Waals surface area (Å²) < 4.78 is 2.42. The second kappa shape index (κ2) is 12.2. The molecule has 0 amide bonds. The molecule has 0 aliphatic heterocycles. The molecule has 2 nitrogen and oxygen atoms in total. The predicted molar refractivity (Wildman–Crippen MR) is 247 cm³/mol. The summed E-state index contributed by atoms with van der Waals surface area (Å²) in [7, 11) is 0. The number of fused-ring (bicyclic) bond motifs is 13. The van der Waals surface area contributed by atoms with Gasteiger partial charge >= 0.3 is 0 Å². The first-order chi connectivity index (χ1) is 29.3. The highest BCUT2D eigenvalue weighted by atomic mass is 15.1. The van der Waals surface area contributed by atoms with E-state index >= 15 is 0 Å². The molecule has 0 atom stereocenters. The monoisotopic (exact) mass is 748 g/mol. The van der Waals surface area contributed by atoms with Crippen LogP contribution in [0.25, 0.3) is 71.3 Å². The van der Waals surface area contributed by atoms with Gasteiger partial charge in [-0.2, -0.15) is 0 Å². The summed E-state index contributed by atoms with van der Waals surface area (Å²) in [6.07, 6.45) is 0. The summed E-state index contributed by atoms with van der Waals surface area (Å²) in [4.78, 5) is 2.50. The minimum atomic E-state index is -0.513.